The molecule has 248 valence electrons. The Hall–Kier alpha value is -5.08. The van der Waals surface area contributed by atoms with Crippen molar-refractivity contribution in [2.24, 2.45) is 0 Å². The number of ether oxygens (including phenoxy) is 2. The van der Waals surface area contributed by atoms with E-state index in [0.717, 1.165) is 12.3 Å². The van der Waals surface area contributed by atoms with Gasteiger partial charge in [-0.15, -0.1) is 0 Å². The van der Waals surface area contributed by atoms with E-state index < -0.39 is 47.8 Å². The van der Waals surface area contributed by atoms with E-state index in [1.807, 2.05) is 0 Å². The highest BCUT2D eigenvalue weighted by Gasteiger charge is 2.41. The molecule has 3 heterocycles. The Morgan fingerprint density at radius 2 is 1.68 bits per heavy atom. The van der Waals surface area contributed by atoms with Crippen molar-refractivity contribution in [3.8, 4) is 22.8 Å². The number of halogens is 6. The van der Waals surface area contributed by atoms with Crippen LogP contribution in [0.1, 0.15) is 58.4 Å². The molecule has 0 radical (unpaired) electrons. The van der Waals surface area contributed by atoms with Gasteiger partial charge in [0.15, 0.2) is 11.5 Å². The van der Waals surface area contributed by atoms with Crippen LogP contribution in [0.15, 0.2) is 66.9 Å². The molecule has 2 aromatic heterocycles. The molecule has 2 aromatic carbocycles. The molecular formula is C32H28F6N4O5. The lowest BCUT2D eigenvalue weighted by Gasteiger charge is -2.30. The summed E-state index contributed by atoms with van der Waals surface area (Å²) in [6.07, 6.45) is -9.22. The van der Waals surface area contributed by atoms with Crippen molar-refractivity contribution >= 4 is 12.1 Å². The molecule has 1 aliphatic heterocycles. The van der Waals surface area contributed by atoms with Crippen molar-refractivity contribution in [3.63, 3.8) is 0 Å². The average Bonchev–Trinajstić information content (AvgIpc) is 3.50. The molecule has 1 amide bonds. The van der Waals surface area contributed by atoms with Gasteiger partial charge in [0.2, 0.25) is 0 Å². The highest BCUT2D eigenvalue weighted by Crippen LogP contribution is 2.38. The number of rotatable bonds is 8. The second-order valence-corrected chi connectivity index (χ2v) is 10.7. The zero-order chi connectivity index (χ0) is 33.9. The number of carbonyl (C=O) groups is 2. The molecule has 0 spiro atoms. The van der Waals surface area contributed by atoms with Crippen molar-refractivity contribution in [3.05, 3.63) is 94.8 Å². The first kappa shape index (κ1) is 33.3. The number of amides is 1. The lowest BCUT2D eigenvalue weighted by atomic mass is 9.87. The first-order valence-corrected chi connectivity index (χ1v) is 14.5. The number of pyridine rings is 1. The highest BCUT2D eigenvalue weighted by atomic mass is 19.4. The van der Waals surface area contributed by atoms with E-state index in [0.29, 0.717) is 23.1 Å². The Morgan fingerprint density at radius 1 is 0.957 bits per heavy atom. The number of benzene rings is 2. The van der Waals surface area contributed by atoms with Gasteiger partial charge in [0.05, 0.1) is 24.1 Å². The summed E-state index contributed by atoms with van der Waals surface area (Å²) in [5.41, 5.74) is -2.30. The number of hydrogen-bond donors (Lipinski definition) is 1. The maximum Gasteiger partial charge on any atom is 0.434 e. The molecule has 1 saturated heterocycles. The second-order valence-electron chi connectivity index (χ2n) is 10.7. The van der Waals surface area contributed by atoms with E-state index in [4.69, 9.17) is 14.6 Å². The normalized spacial score (nSPS) is 14.2. The van der Waals surface area contributed by atoms with E-state index >= 15 is 0 Å². The number of aromatic nitrogens is 3. The quantitative estimate of drug-likeness (QED) is 0.153. The number of nitrogens with zero attached hydrogens (tertiary/aromatic N) is 4. The fourth-order valence-electron chi connectivity index (χ4n) is 5.45. The van der Waals surface area contributed by atoms with Crippen LogP contribution in [0.5, 0.6) is 5.75 Å². The van der Waals surface area contributed by atoms with Gasteiger partial charge in [0.25, 0.3) is 0 Å². The first-order valence-electron chi connectivity index (χ1n) is 14.5. The minimum absolute atomic E-state index is 0.124. The van der Waals surface area contributed by atoms with Crippen LogP contribution in [0.3, 0.4) is 0 Å². The Bertz CT molecular complexity index is 1760. The molecule has 5 rings (SSSR count). The Balaban J connectivity index is 1.42. The van der Waals surface area contributed by atoms with Gasteiger partial charge in [0, 0.05) is 24.2 Å². The van der Waals surface area contributed by atoms with Crippen molar-refractivity contribution in [1.82, 2.24) is 19.7 Å². The second kappa shape index (κ2) is 13.3. The third kappa shape index (κ3) is 7.34. The third-order valence-corrected chi connectivity index (χ3v) is 7.71. The zero-order valence-electron chi connectivity index (χ0n) is 24.8. The number of likely N-dealkylation sites (tertiary alicyclic amines) is 1. The smallest absolute Gasteiger partial charge is 0.434 e. The van der Waals surface area contributed by atoms with Gasteiger partial charge in [-0.05, 0) is 61.6 Å². The number of carbonyl (C=O) groups excluding carboxylic acids is 1. The number of esters is 1. The van der Waals surface area contributed by atoms with Crippen LogP contribution in [0.25, 0.3) is 17.1 Å². The monoisotopic (exact) mass is 662 g/mol. The lowest BCUT2D eigenvalue weighted by Crippen LogP contribution is -2.36. The highest BCUT2D eigenvalue weighted by molar-refractivity contribution is 5.90. The molecule has 0 unspecified atom stereocenters. The molecule has 4 aromatic rings. The van der Waals surface area contributed by atoms with Gasteiger partial charge in [-0.25, -0.2) is 19.3 Å². The molecular weight excluding hydrogens is 634 g/mol. The predicted octanol–water partition coefficient (Wildman–Crippen LogP) is 7.59. The van der Waals surface area contributed by atoms with E-state index in [9.17, 15) is 35.9 Å². The summed E-state index contributed by atoms with van der Waals surface area (Å²) >= 11 is 0. The van der Waals surface area contributed by atoms with Gasteiger partial charge < -0.3 is 19.5 Å². The van der Waals surface area contributed by atoms with Crippen LogP contribution < -0.4 is 4.74 Å². The van der Waals surface area contributed by atoms with E-state index in [-0.39, 0.29) is 54.0 Å². The van der Waals surface area contributed by atoms with Crippen molar-refractivity contribution in [2.45, 2.75) is 44.6 Å². The molecule has 1 aliphatic rings. The minimum Gasteiger partial charge on any atom is -0.488 e. The molecule has 0 aliphatic carbocycles. The largest absolute Gasteiger partial charge is 0.488 e. The van der Waals surface area contributed by atoms with Gasteiger partial charge in [-0.1, -0.05) is 30.3 Å². The number of hydrogen-bond acceptors (Lipinski definition) is 6. The topological polar surface area (TPSA) is 107 Å². The number of para-hydroxylation sites is 1. The van der Waals surface area contributed by atoms with Crippen LogP contribution in [-0.4, -0.2) is 56.5 Å². The summed E-state index contributed by atoms with van der Waals surface area (Å²) in [6.45, 7) is 1.28. The Labute approximate surface area is 264 Å². The third-order valence-electron chi connectivity index (χ3n) is 7.71. The standard InChI is InChI=1S/C32H28F6N4O5/c1-2-46-29(43)23-17-39-42(28(23)32(36,37)38)27-9-5-7-25(40-27)22-6-3-4-8-26(22)47-18-21-11-10-20(16-24(21)31(33,34)35)19-12-14-41(15-13-19)30(44)45/h3-11,16-17,19H,2,12-15,18H2,1H3,(H,44,45). The SMILES string of the molecule is CCOC(=O)c1cnn(-c2cccc(-c3ccccc3OCc3ccc(C4CCN(C(=O)O)CC4)cc3C(F)(F)F)n2)c1C(F)(F)F. The van der Waals surface area contributed by atoms with Gasteiger partial charge in [-0.3, -0.25) is 0 Å². The lowest BCUT2D eigenvalue weighted by molar-refractivity contribution is -0.143. The van der Waals surface area contributed by atoms with Crippen molar-refractivity contribution in [1.29, 1.82) is 0 Å². The number of carboxylic acid groups (broad SMARTS) is 1. The van der Waals surface area contributed by atoms with Crippen LogP contribution in [-0.2, 0) is 23.7 Å². The van der Waals surface area contributed by atoms with Crippen LogP contribution in [0, 0.1) is 0 Å². The maximum absolute atomic E-state index is 14.2. The van der Waals surface area contributed by atoms with Crippen LogP contribution in [0.4, 0.5) is 31.1 Å². The molecule has 15 heteroatoms. The predicted molar refractivity (Wildman–Crippen MR) is 155 cm³/mol. The first-order chi connectivity index (χ1) is 22.3. The van der Waals surface area contributed by atoms with Gasteiger partial charge in [-0.2, -0.15) is 31.4 Å². The summed E-state index contributed by atoms with van der Waals surface area (Å²) in [7, 11) is 0. The molecule has 1 N–H and O–H groups in total. The summed E-state index contributed by atoms with van der Waals surface area (Å²) in [5, 5.41) is 12.9. The molecule has 1 fully saturated rings. The molecule has 47 heavy (non-hydrogen) atoms. The Morgan fingerprint density at radius 3 is 2.34 bits per heavy atom. The van der Waals surface area contributed by atoms with Gasteiger partial charge in [0.1, 0.15) is 17.9 Å². The fourth-order valence-corrected chi connectivity index (χ4v) is 5.45. The van der Waals surface area contributed by atoms with E-state index in [1.54, 1.807) is 24.3 Å². The minimum atomic E-state index is -4.99. The Kier molecular flexibility index (Phi) is 9.45. The van der Waals surface area contributed by atoms with Gasteiger partial charge >= 0.3 is 24.4 Å². The summed E-state index contributed by atoms with van der Waals surface area (Å²) in [5.74, 6) is -1.58. The number of piperidine rings is 1. The summed E-state index contributed by atoms with van der Waals surface area (Å²) in [4.78, 5) is 28.9. The summed E-state index contributed by atoms with van der Waals surface area (Å²) < 4.78 is 95.8. The fraction of sp³-hybridized carbons (Fsp3) is 0.312. The van der Waals surface area contributed by atoms with Crippen molar-refractivity contribution in [2.75, 3.05) is 19.7 Å². The zero-order valence-corrected chi connectivity index (χ0v) is 24.8. The molecule has 9 nitrogen and oxygen atoms in total. The molecule has 0 atom stereocenters. The van der Waals surface area contributed by atoms with E-state index in [1.165, 1.54) is 42.2 Å². The molecule has 0 bridgehead atoms. The molecule has 0 saturated carbocycles. The maximum atomic E-state index is 14.2. The van der Waals surface area contributed by atoms with Crippen LogP contribution >= 0.6 is 0 Å². The average molecular weight is 663 g/mol. The van der Waals surface area contributed by atoms with E-state index in [2.05, 4.69) is 10.1 Å². The van der Waals surface area contributed by atoms with Crippen molar-refractivity contribution < 1.29 is 50.5 Å². The van der Waals surface area contributed by atoms with Crippen LogP contribution in [0.2, 0.25) is 0 Å². The summed E-state index contributed by atoms with van der Waals surface area (Å²) in [6, 6.07) is 14.4. The number of alkyl halides is 6.